The number of aromatic nitrogens is 4. The zero-order valence-corrected chi connectivity index (χ0v) is 14.1. The minimum absolute atomic E-state index is 0.00864. The lowest BCUT2D eigenvalue weighted by molar-refractivity contribution is -0.120. The fourth-order valence-corrected chi connectivity index (χ4v) is 3.93. The highest BCUT2D eigenvalue weighted by molar-refractivity contribution is 7.19. The number of thiazole rings is 1. The number of anilines is 1. The monoisotopic (exact) mass is 339 g/mol. The highest BCUT2D eigenvalue weighted by atomic mass is 32.1. The van der Waals surface area contributed by atoms with Gasteiger partial charge in [-0.3, -0.25) is 4.79 Å². The van der Waals surface area contributed by atoms with Crippen molar-refractivity contribution >= 4 is 22.4 Å². The number of carbonyl (C=O) groups excluding carboxylic acids is 1. The molecule has 1 atom stereocenters. The number of rotatable bonds is 3. The molecule has 4 rings (SSSR count). The highest BCUT2D eigenvalue weighted by Gasteiger charge is 2.27. The molecule has 24 heavy (non-hydrogen) atoms. The lowest BCUT2D eigenvalue weighted by Gasteiger charge is -2.18. The van der Waals surface area contributed by atoms with Gasteiger partial charge in [-0.25, -0.2) is 4.98 Å². The smallest absolute Gasteiger partial charge is 0.229 e. The summed E-state index contributed by atoms with van der Waals surface area (Å²) in [5, 5.41) is 14.5. The van der Waals surface area contributed by atoms with Crippen molar-refractivity contribution in [2.24, 2.45) is 5.92 Å². The number of carbonyl (C=O) groups is 1. The molecular formula is C17H17N5OS. The van der Waals surface area contributed by atoms with Crippen molar-refractivity contribution < 1.29 is 4.79 Å². The molecule has 122 valence electrons. The van der Waals surface area contributed by atoms with Gasteiger partial charge in [-0.05, 0) is 30.9 Å². The summed E-state index contributed by atoms with van der Waals surface area (Å²) in [6, 6.07) is 8.17. The van der Waals surface area contributed by atoms with Gasteiger partial charge in [0.1, 0.15) is 0 Å². The van der Waals surface area contributed by atoms with Gasteiger partial charge in [0.2, 0.25) is 5.91 Å². The Hall–Kier alpha value is -2.54. The van der Waals surface area contributed by atoms with Crippen LogP contribution < -0.4 is 5.32 Å². The van der Waals surface area contributed by atoms with Crippen molar-refractivity contribution in [3.8, 4) is 10.4 Å². The molecule has 0 saturated heterocycles. The van der Waals surface area contributed by atoms with Gasteiger partial charge in [0.05, 0.1) is 16.3 Å². The van der Waals surface area contributed by atoms with Gasteiger partial charge in [0, 0.05) is 18.5 Å². The van der Waals surface area contributed by atoms with Crippen molar-refractivity contribution in [2.45, 2.75) is 26.2 Å². The normalized spacial score (nSPS) is 16.6. The van der Waals surface area contributed by atoms with Crippen LogP contribution in [0.15, 0.2) is 30.5 Å². The van der Waals surface area contributed by atoms with Crippen LogP contribution in [0.5, 0.6) is 0 Å². The molecule has 1 aromatic carbocycles. The van der Waals surface area contributed by atoms with E-state index in [4.69, 9.17) is 0 Å². The quantitative estimate of drug-likeness (QED) is 0.768. The van der Waals surface area contributed by atoms with E-state index in [9.17, 15) is 4.79 Å². The third kappa shape index (κ3) is 2.82. The van der Waals surface area contributed by atoms with Crippen LogP contribution in [0.3, 0.4) is 0 Å². The molecule has 0 radical (unpaired) electrons. The number of benzene rings is 1. The second-order valence-corrected chi connectivity index (χ2v) is 7.02. The first kappa shape index (κ1) is 15.0. The van der Waals surface area contributed by atoms with Crippen LogP contribution in [-0.4, -0.2) is 26.3 Å². The van der Waals surface area contributed by atoms with Crippen molar-refractivity contribution in [2.75, 3.05) is 5.32 Å². The maximum atomic E-state index is 12.5. The molecule has 1 unspecified atom stereocenters. The van der Waals surface area contributed by atoms with Crippen LogP contribution in [0.2, 0.25) is 0 Å². The fraction of sp³-hybridized carbons (Fsp3) is 0.294. The Morgan fingerprint density at radius 2 is 2.12 bits per heavy atom. The van der Waals surface area contributed by atoms with E-state index in [0.29, 0.717) is 11.6 Å². The number of hydrogen-bond donors (Lipinski definition) is 2. The van der Waals surface area contributed by atoms with Crippen LogP contribution in [0.25, 0.3) is 10.4 Å². The lowest BCUT2D eigenvalue weighted by Crippen LogP contribution is -2.28. The average molecular weight is 339 g/mol. The van der Waals surface area contributed by atoms with E-state index in [-0.39, 0.29) is 11.8 Å². The summed E-state index contributed by atoms with van der Waals surface area (Å²) >= 11 is 1.50. The Kier molecular flexibility index (Phi) is 3.86. The standard InChI is InChI=1S/C17H17N5OS/c1-10-4-2-3-5-12(10)15-9-18-17(24-15)19-16(23)11-6-7-13-14(8-11)21-22-20-13/h2-5,9,11H,6-8H2,1H3,(H,18,19,23)(H,20,21,22). The van der Waals surface area contributed by atoms with E-state index in [1.54, 1.807) is 0 Å². The SMILES string of the molecule is Cc1ccccc1-c1cnc(NC(=O)C2CCc3n[nH]nc3C2)s1. The molecule has 1 aliphatic carbocycles. The molecule has 0 saturated carbocycles. The molecule has 7 heteroatoms. The summed E-state index contributed by atoms with van der Waals surface area (Å²) in [6.07, 6.45) is 4.03. The van der Waals surface area contributed by atoms with Crippen molar-refractivity contribution in [1.82, 2.24) is 20.4 Å². The van der Waals surface area contributed by atoms with E-state index < -0.39 is 0 Å². The molecule has 2 N–H and O–H groups in total. The second kappa shape index (κ2) is 6.16. The number of hydrogen-bond acceptors (Lipinski definition) is 5. The number of aromatic amines is 1. The molecule has 0 aliphatic heterocycles. The highest BCUT2D eigenvalue weighted by Crippen LogP contribution is 2.32. The first-order chi connectivity index (χ1) is 11.7. The number of amides is 1. The Balaban J connectivity index is 1.47. The van der Waals surface area contributed by atoms with Crippen LogP contribution in [0.1, 0.15) is 23.4 Å². The molecule has 0 spiro atoms. The Labute approximate surface area is 143 Å². The summed E-state index contributed by atoms with van der Waals surface area (Å²) in [4.78, 5) is 17.9. The number of aryl methyl sites for hydroxylation is 2. The van der Waals surface area contributed by atoms with Crippen molar-refractivity contribution in [3.05, 3.63) is 47.4 Å². The summed E-state index contributed by atoms with van der Waals surface area (Å²) < 4.78 is 0. The molecule has 2 aromatic heterocycles. The van der Waals surface area contributed by atoms with Crippen LogP contribution in [-0.2, 0) is 17.6 Å². The summed E-state index contributed by atoms with van der Waals surface area (Å²) in [5.41, 5.74) is 4.24. The van der Waals surface area contributed by atoms with Gasteiger partial charge in [0.25, 0.3) is 0 Å². The first-order valence-corrected chi connectivity index (χ1v) is 8.73. The maximum Gasteiger partial charge on any atom is 0.229 e. The largest absolute Gasteiger partial charge is 0.302 e. The Bertz CT molecular complexity index is 885. The molecule has 0 fully saturated rings. The van der Waals surface area contributed by atoms with E-state index >= 15 is 0 Å². The summed E-state index contributed by atoms with van der Waals surface area (Å²) in [7, 11) is 0. The van der Waals surface area contributed by atoms with E-state index in [1.165, 1.54) is 16.9 Å². The predicted molar refractivity (Wildman–Crippen MR) is 92.8 cm³/mol. The topological polar surface area (TPSA) is 83.6 Å². The zero-order valence-electron chi connectivity index (χ0n) is 13.2. The van der Waals surface area contributed by atoms with Gasteiger partial charge in [-0.15, -0.1) is 0 Å². The molecule has 1 amide bonds. The Morgan fingerprint density at radius 3 is 3.00 bits per heavy atom. The fourth-order valence-electron chi connectivity index (χ4n) is 3.02. The van der Waals surface area contributed by atoms with Crippen LogP contribution >= 0.6 is 11.3 Å². The molecular weight excluding hydrogens is 322 g/mol. The van der Waals surface area contributed by atoms with E-state index in [1.807, 2.05) is 18.3 Å². The number of nitrogens with one attached hydrogen (secondary N) is 2. The summed E-state index contributed by atoms with van der Waals surface area (Å²) in [5.74, 6) is -0.0669. The van der Waals surface area contributed by atoms with Gasteiger partial charge in [-0.2, -0.15) is 15.4 Å². The van der Waals surface area contributed by atoms with Gasteiger partial charge in [-0.1, -0.05) is 35.6 Å². The molecule has 0 bridgehead atoms. The molecule has 6 nitrogen and oxygen atoms in total. The zero-order chi connectivity index (χ0) is 16.5. The summed E-state index contributed by atoms with van der Waals surface area (Å²) in [6.45, 7) is 2.07. The van der Waals surface area contributed by atoms with Crippen molar-refractivity contribution in [1.29, 1.82) is 0 Å². The van der Waals surface area contributed by atoms with Crippen LogP contribution in [0.4, 0.5) is 5.13 Å². The number of H-pyrrole nitrogens is 1. The molecule has 1 aliphatic rings. The second-order valence-electron chi connectivity index (χ2n) is 5.99. The van der Waals surface area contributed by atoms with Crippen molar-refractivity contribution in [3.63, 3.8) is 0 Å². The van der Waals surface area contributed by atoms with Gasteiger partial charge in [0.15, 0.2) is 5.13 Å². The predicted octanol–water partition coefficient (Wildman–Crippen LogP) is 2.98. The van der Waals surface area contributed by atoms with E-state index in [2.05, 4.69) is 44.8 Å². The molecule has 2 heterocycles. The minimum atomic E-state index is -0.0755. The number of nitrogens with zero attached hydrogens (tertiary/aromatic N) is 3. The maximum absolute atomic E-state index is 12.5. The minimum Gasteiger partial charge on any atom is -0.302 e. The molecule has 3 aromatic rings. The van der Waals surface area contributed by atoms with E-state index in [0.717, 1.165) is 34.7 Å². The average Bonchev–Trinajstić information content (AvgIpc) is 3.23. The van der Waals surface area contributed by atoms with Crippen LogP contribution in [0, 0.1) is 12.8 Å². The van der Waals surface area contributed by atoms with Gasteiger partial charge >= 0.3 is 0 Å². The first-order valence-electron chi connectivity index (χ1n) is 7.92. The third-order valence-corrected chi connectivity index (χ3v) is 5.34. The Morgan fingerprint density at radius 1 is 1.29 bits per heavy atom. The lowest BCUT2D eigenvalue weighted by atomic mass is 9.89. The third-order valence-electron chi connectivity index (χ3n) is 4.39. The number of fused-ring (bicyclic) bond motifs is 1. The van der Waals surface area contributed by atoms with Gasteiger partial charge < -0.3 is 5.32 Å².